The molecule has 7 nitrogen and oxygen atoms in total. The van der Waals surface area contributed by atoms with E-state index < -0.39 is 22.5 Å². The van der Waals surface area contributed by atoms with Crippen LogP contribution in [0.4, 0.5) is 11.4 Å². The molecule has 204 valence electrons. The molecule has 0 bridgehead atoms. The molecule has 5 rings (SSSR count). The van der Waals surface area contributed by atoms with Crippen LogP contribution in [-0.2, 0) is 14.8 Å². The van der Waals surface area contributed by atoms with Crippen LogP contribution in [0.5, 0.6) is 5.75 Å². The zero-order chi connectivity index (χ0) is 28.3. The third kappa shape index (κ3) is 6.00. The molecule has 0 spiro atoms. The van der Waals surface area contributed by atoms with Crippen molar-refractivity contribution in [2.24, 2.45) is 0 Å². The molecule has 1 amide bonds. The summed E-state index contributed by atoms with van der Waals surface area (Å²) < 4.78 is 35.0. The van der Waals surface area contributed by atoms with Gasteiger partial charge in [0.25, 0.3) is 10.0 Å². The minimum atomic E-state index is -4.02. The lowest BCUT2D eigenvalue weighted by atomic mass is 10.2. The third-order valence-corrected chi connectivity index (χ3v) is 9.15. The van der Waals surface area contributed by atoms with Gasteiger partial charge in [0.1, 0.15) is 17.3 Å². The monoisotopic (exact) mass is 571 g/mol. The summed E-state index contributed by atoms with van der Waals surface area (Å²) in [5, 5.41) is 3.73. The van der Waals surface area contributed by atoms with Crippen molar-refractivity contribution >= 4 is 48.9 Å². The molecular formula is C31H29N3O4S2. The second-order valence-electron chi connectivity index (χ2n) is 9.37. The van der Waals surface area contributed by atoms with Crippen LogP contribution in [0.1, 0.15) is 18.1 Å². The summed E-state index contributed by atoms with van der Waals surface area (Å²) in [6.07, 6.45) is 0. The van der Waals surface area contributed by atoms with E-state index in [2.05, 4.69) is 18.3 Å². The predicted molar refractivity (Wildman–Crippen MR) is 162 cm³/mol. The molecule has 0 aliphatic carbocycles. The van der Waals surface area contributed by atoms with E-state index in [1.54, 1.807) is 72.0 Å². The van der Waals surface area contributed by atoms with Gasteiger partial charge in [-0.1, -0.05) is 23.8 Å². The molecule has 5 aromatic rings. The Kier molecular flexibility index (Phi) is 7.86. The van der Waals surface area contributed by atoms with Gasteiger partial charge in [0.2, 0.25) is 5.91 Å². The van der Waals surface area contributed by atoms with Crippen LogP contribution in [-0.4, -0.2) is 32.5 Å². The highest BCUT2D eigenvalue weighted by Gasteiger charge is 2.27. The number of amides is 1. The molecule has 0 aliphatic rings. The molecule has 9 heteroatoms. The Morgan fingerprint density at radius 3 is 2.25 bits per heavy atom. The van der Waals surface area contributed by atoms with Gasteiger partial charge < -0.3 is 10.1 Å². The lowest BCUT2D eigenvalue weighted by Gasteiger charge is -2.24. The van der Waals surface area contributed by atoms with Crippen LogP contribution in [0.25, 0.3) is 20.8 Å². The number of nitrogens with zero attached hydrogens (tertiary/aromatic N) is 2. The minimum Gasteiger partial charge on any atom is -0.494 e. The van der Waals surface area contributed by atoms with E-state index in [0.717, 1.165) is 30.7 Å². The summed E-state index contributed by atoms with van der Waals surface area (Å²) in [4.78, 5) is 18.0. The highest BCUT2D eigenvalue weighted by molar-refractivity contribution is 7.92. The summed E-state index contributed by atoms with van der Waals surface area (Å²) in [5.41, 5.74) is 4.94. The highest BCUT2D eigenvalue weighted by atomic mass is 32.2. The average molecular weight is 572 g/mol. The van der Waals surface area contributed by atoms with Gasteiger partial charge in [0.05, 0.1) is 27.4 Å². The van der Waals surface area contributed by atoms with E-state index in [4.69, 9.17) is 9.72 Å². The maximum Gasteiger partial charge on any atom is 0.264 e. The summed E-state index contributed by atoms with van der Waals surface area (Å²) in [6, 6.07) is 26.8. The van der Waals surface area contributed by atoms with E-state index in [9.17, 15) is 13.2 Å². The topological polar surface area (TPSA) is 88.6 Å². The van der Waals surface area contributed by atoms with Crippen molar-refractivity contribution in [3.63, 3.8) is 0 Å². The number of sulfonamides is 1. The second-order valence-corrected chi connectivity index (χ2v) is 12.3. The largest absolute Gasteiger partial charge is 0.494 e. The Hall–Kier alpha value is -4.21. The Bertz CT molecular complexity index is 1750. The van der Waals surface area contributed by atoms with Crippen LogP contribution in [0.15, 0.2) is 95.9 Å². The summed E-state index contributed by atoms with van der Waals surface area (Å²) >= 11 is 1.61. The molecule has 40 heavy (non-hydrogen) atoms. The molecule has 0 unspecified atom stereocenters. The lowest BCUT2D eigenvalue weighted by molar-refractivity contribution is -0.114. The van der Waals surface area contributed by atoms with Gasteiger partial charge in [-0.3, -0.25) is 9.10 Å². The summed E-state index contributed by atoms with van der Waals surface area (Å²) in [7, 11) is -4.02. The van der Waals surface area contributed by atoms with Gasteiger partial charge in [-0.05, 0) is 99.1 Å². The van der Waals surface area contributed by atoms with Crippen molar-refractivity contribution in [3.8, 4) is 16.3 Å². The number of ether oxygens (including phenoxy) is 1. The predicted octanol–water partition coefficient (Wildman–Crippen LogP) is 6.81. The van der Waals surface area contributed by atoms with Crippen molar-refractivity contribution in [2.45, 2.75) is 25.7 Å². The smallest absolute Gasteiger partial charge is 0.264 e. The number of carbonyl (C=O) groups is 1. The average Bonchev–Trinajstić information content (AvgIpc) is 3.36. The number of aryl methyl sites for hydroxylation is 2. The highest BCUT2D eigenvalue weighted by Crippen LogP contribution is 2.31. The first kappa shape index (κ1) is 27.4. The second kappa shape index (κ2) is 11.5. The standard InChI is InChI=1S/C31H29N3O4S2/c1-4-38-26-14-12-25(13-15-26)34(40(36,37)27-16-5-21(2)6-17-27)20-30(35)32-24-10-8-23(9-11-24)31-33-28-18-7-22(3)19-29(28)39-31/h5-19H,4,20H2,1-3H3,(H,32,35). The number of benzene rings is 4. The lowest BCUT2D eigenvalue weighted by Crippen LogP contribution is -2.38. The molecule has 0 radical (unpaired) electrons. The number of carbonyl (C=O) groups excluding carboxylic acids is 1. The van der Waals surface area contributed by atoms with Crippen LogP contribution < -0.4 is 14.4 Å². The molecule has 1 heterocycles. The number of fused-ring (bicyclic) bond motifs is 1. The van der Waals surface area contributed by atoms with Gasteiger partial charge >= 0.3 is 0 Å². The Labute approximate surface area is 238 Å². The molecule has 4 aromatic carbocycles. The summed E-state index contributed by atoms with van der Waals surface area (Å²) in [5.74, 6) is 0.152. The number of hydrogen-bond donors (Lipinski definition) is 1. The molecule has 0 fully saturated rings. The Morgan fingerprint density at radius 1 is 0.900 bits per heavy atom. The maximum absolute atomic E-state index is 13.6. The van der Waals surface area contributed by atoms with Crippen molar-refractivity contribution < 1.29 is 17.9 Å². The van der Waals surface area contributed by atoms with Gasteiger partial charge in [-0.2, -0.15) is 0 Å². The van der Waals surface area contributed by atoms with Crippen LogP contribution in [0, 0.1) is 13.8 Å². The van der Waals surface area contributed by atoms with E-state index in [0.29, 0.717) is 23.7 Å². The molecule has 1 aromatic heterocycles. The van der Waals surface area contributed by atoms with E-state index >= 15 is 0 Å². The van der Waals surface area contributed by atoms with Gasteiger partial charge in [0, 0.05) is 11.3 Å². The van der Waals surface area contributed by atoms with Crippen LogP contribution >= 0.6 is 11.3 Å². The Balaban J connectivity index is 1.36. The molecular weight excluding hydrogens is 542 g/mol. The van der Waals surface area contributed by atoms with Gasteiger partial charge in [-0.15, -0.1) is 11.3 Å². The van der Waals surface area contributed by atoms with Gasteiger partial charge in [-0.25, -0.2) is 13.4 Å². The maximum atomic E-state index is 13.6. The zero-order valence-electron chi connectivity index (χ0n) is 22.4. The molecule has 0 atom stereocenters. The first-order valence-electron chi connectivity index (χ1n) is 12.8. The third-order valence-electron chi connectivity index (χ3n) is 6.29. The first-order valence-corrected chi connectivity index (χ1v) is 15.1. The molecule has 0 saturated carbocycles. The fourth-order valence-electron chi connectivity index (χ4n) is 4.21. The molecule has 0 aliphatic heterocycles. The number of thiazole rings is 1. The number of anilines is 2. The Morgan fingerprint density at radius 2 is 1.57 bits per heavy atom. The van der Waals surface area contributed by atoms with E-state index in [1.807, 2.05) is 38.1 Å². The zero-order valence-corrected chi connectivity index (χ0v) is 24.1. The fraction of sp³-hybridized carbons (Fsp3) is 0.161. The van der Waals surface area contributed by atoms with Crippen LogP contribution in [0.3, 0.4) is 0 Å². The normalized spacial score (nSPS) is 11.4. The number of aromatic nitrogens is 1. The first-order chi connectivity index (χ1) is 19.2. The molecule has 0 saturated heterocycles. The number of rotatable bonds is 9. The van der Waals surface area contributed by atoms with Crippen molar-refractivity contribution in [1.82, 2.24) is 4.98 Å². The van der Waals surface area contributed by atoms with E-state index in [-0.39, 0.29) is 4.90 Å². The SMILES string of the molecule is CCOc1ccc(N(CC(=O)Nc2ccc(-c3nc4ccc(C)cc4s3)cc2)S(=O)(=O)c2ccc(C)cc2)cc1. The quantitative estimate of drug-likeness (QED) is 0.210. The van der Waals surface area contributed by atoms with Crippen molar-refractivity contribution in [3.05, 3.63) is 102 Å². The van der Waals surface area contributed by atoms with Crippen LogP contribution in [0.2, 0.25) is 0 Å². The minimum absolute atomic E-state index is 0.107. The number of nitrogens with one attached hydrogen (secondary N) is 1. The van der Waals surface area contributed by atoms with E-state index in [1.165, 1.54) is 5.56 Å². The number of hydrogen-bond acceptors (Lipinski definition) is 6. The van der Waals surface area contributed by atoms with Crippen molar-refractivity contribution in [2.75, 3.05) is 22.8 Å². The fourth-order valence-corrected chi connectivity index (χ4v) is 6.70. The summed E-state index contributed by atoms with van der Waals surface area (Å²) in [6.45, 7) is 5.91. The molecule has 1 N–H and O–H groups in total. The van der Waals surface area contributed by atoms with Gasteiger partial charge in [0.15, 0.2) is 0 Å². The van der Waals surface area contributed by atoms with Crippen molar-refractivity contribution in [1.29, 1.82) is 0 Å².